The first kappa shape index (κ1) is 13.8. The van der Waals surface area contributed by atoms with Crippen molar-refractivity contribution in [1.82, 2.24) is 0 Å². The minimum Gasteiger partial charge on any atom is -0.374 e. The fourth-order valence-electron chi connectivity index (χ4n) is 2.68. The Morgan fingerprint density at radius 2 is 1.89 bits per heavy atom. The molecule has 1 aromatic rings. The highest BCUT2D eigenvalue weighted by molar-refractivity contribution is 5.33. The number of rotatable bonds is 4. The summed E-state index contributed by atoms with van der Waals surface area (Å²) in [5, 5.41) is 8.80. The second kappa shape index (κ2) is 7.11. The Morgan fingerprint density at radius 1 is 1.21 bits per heavy atom. The summed E-state index contributed by atoms with van der Waals surface area (Å²) < 4.78 is 5.81. The Hall–Kier alpha value is -1.59. The highest BCUT2D eigenvalue weighted by atomic mass is 16.5. The van der Waals surface area contributed by atoms with Gasteiger partial charge in [-0.3, -0.25) is 0 Å². The molecule has 100 valence electrons. The molecule has 0 spiro atoms. The first-order chi connectivity index (χ1) is 9.33. The summed E-state index contributed by atoms with van der Waals surface area (Å²) in [5.41, 5.74) is 2.11. The summed E-state index contributed by atoms with van der Waals surface area (Å²) in [6.45, 7) is 2.76. The zero-order valence-corrected chi connectivity index (χ0v) is 11.5. The average Bonchev–Trinajstić information content (AvgIpc) is 2.48. The lowest BCUT2D eigenvalue weighted by Crippen LogP contribution is -2.20. The number of ether oxygens (including phenoxy) is 1. The van der Waals surface area contributed by atoms with Gasteiger partial charge in [0.25, 0.3) is 0 Å². The lowest BCUT2D eigenvalue weighted by Gasteiger charge is -2.28. The van der Waals surface area contributed by atoms with E-state index in [1.165, 1.54) is 18.4 Å². The summed E-state index contributed by atoms with van der Waals surface area (Å²) in [6.07, 6.45) is 9.17. The molecule has 1 aliphatic rings. The van der Waals surface area contributed by atoms with Gasteiger partial charge in [0.1, 0.15) is 0 Å². The normalized spacial score (nSPS) is 23.4. The Labute approximate surface area is 115 Å². The number of benzene rings is 1. The van der Waals surface area contributed by atoms with E-state index in [0.717, 1.165) is 25.0 Å². The molecule has 1 saturated carbocycles. The van der Waals surface area contributed by atoms with E-state index in [1.807, 2.05) is 25.1 Å². The molecule has 1 aliphatic carbocycles. The van der Waals surface area contributed by atoms with Gasteiger partial charge in [-0.2, -0.15) is 5.26 Å². The summed E-state index contributed by atoms with van der Waals surface area (Å²) >= 11 is 0. The van der Waals surface area contributed by atoms with Gasteiger partial charge in [0, 0.05) is 0 Å². The van der Waals surface area contributed by atoms with Gasteiger partial charge in [-0.25, -0.2) is 0 Å². The molecule has 0 unspecified atom stereocenters. The van der Waals surface area contributed by atoms with Gasteiger partial charge in [0.05, 0.1) is 24.3 Å². The van der Waals surface area contributed by atoms with Crippen molar-refractivity contribution in [1.29, 1.82) is 5.26 Å². The van der Waals surface area contributed by atoms with Crippen molar-refractivity contribution < 1.29 is 4.74 Å². The van der Waals surface area contributed by atoms with E-state index in [9.17, 15) is 0 Å². The lowest BCUT2D eigenvalue weighted by atomic mass is 9.82. The standard InChI is InChI=1S/C17H21NO/c1-2-3-12-19-17-10-8-16(9-11-17)15-6-4-14(13-18)5-7-15/h2-7,16-17H,8-12H2,1H3/b3-2+. The Balaban J connectivity index is 1.83. The predicted octanol–water partition coefficient (Wildman–Crippen LogP) is 4.18. The predicted molar refractivity (Wildman–Crippen MR) is 76.9 cm³/mol. The quantitative estimate of drug-likeness (QED) is 0.756. The van der Waals surface area contributed by atoms with Crippen LogP contribution in [-0.4, -0.2) is 12.7 Å². The van der Waals surface area contributed by atoms with E-state index >= 15 is 0 Å². The fraction of sp³-hybridized carbons (Fsp3) is 0.471. The molecule has 0 saturated heterocycles. The summed E-state index contributed by atoms with van der Waals surface area (Å²) in [6, 6.07) is 10.2. The number of hydrogen-bond donors (Lipinski definition) is 0. The van der Waals surface area contributed by atoms with Crippen molar-refractivity contribution in [3.05, 3.63) is 47.5 Å². The number of nitrogens with zero attached hydrogens (tertiary/aromatic N) is 1. The molecule has 0 aromatic heterocycles. The van der Waals surface area contributed by atoms with Crippen molar-refractivity contribution in [3.63, 3.8) is 0 Å². The monoisotopic (exact) mass is 255 g/mol. The van der Waals surface area contributed by atoms with Crippen molar-refractivity contribution in [3.8, 4) is 6.07 Å². The molecule has 2 heteroatoms. The van der Waals surface area contributed by atoms with Crippen LogP contribution in [0.1, 0.15) is 49.7 Å². The van der Waals surface area contributed by atoms with E-state index in [-0.39, 0.29) is 0 Å². The van der Waals surface area contributed by atoms with Crippen LogP contribution < -0.4 is 0 Å². The lowest BCUT2D eigenvalue weighted by molar-refractivity contribution is 0.0422. The van der Waals surface area contributed by atoms with Crippen molar-refractivity contribution in [2.24, 2.45) is 0 Å². The number of nitriles is 1. The summed E-state index contributed by atoms with van der Waals surface area (Å²) in [7, 11) is 0. The van der Waals surface area contributed by atoms with Crippen LogP contribution in [0.4, 0.5) is 0 Å². The first-order valence-electron chi connectivity index (χ1n) is 7.06. The molecule has 0 bridgehead atoms. The molecule has 0 N–H and O–H groups in total. The van der Waals surface area contributed by atoms with Crippen molar-refractivity contribution in [2.45, 2.75) is 44.6 Å². The SMILES string of the molecule is C/C=C/COC1CCC(c2ccc(C#N)cc2)CC1. The number of allylic oxidation sites excluding steroid dienone is 1. The van der Waals surface area contributed by atoms with Gasteiger partial charge in [-0.15, -0.1) is 0 Å². The molecular formula is C17H21NO. The topological polar surface area (TPSA) is 33.0 Å². The molecule has 2 nitrogen and oxygen atoms in total. The van der Waals surface area contributed by atoms with E-state index in [4.69, 9.17) is 10.00 Å². The molecule has 0 aliphatic heterocycles. The largest absolute Gasteiger partial charge is 0.374 e. The van der Waals surface area contributed by atoms with E-state index in [1.54, 1.807) is 0 Å². The van der Waals surface area contributed by atoms with Gasteiger partial charge in [0.15, 0.2) is 0 Å². The Morgan fingerprint density at radius 3 is 2.47 bits per heavy atom. The van der Waals surface area contributed by atoms with E-state index < -0.39 is 0 Å². The zero-order valence-electron chi connectivity index (χ0n) is 11.5. The minimum atomic E-state index is 0.422. The van der Waals surface area contributed by atoms with E-state index in [0.29, 0.717) is 12.0 Å². The maximum Gasteiger partial charge on any atom is 0.0991 e. The van der Waals surface area contributed by atoms with Crippen LogP contribution in [0.25, 0.3) is 0 Å². The number of hydrogen-bond acceptors (Lipinski definition) is 2. The molecule has 0 amide bonds. The Bertz CT molecular complexity index is 447. The third-order valence-electron chi connectivity index (χ3n) is 3.85. The third-order valence-corrected chi connectivity index (χ3v) is 3.85. The average molecular weight is 255 g/mol. The Kier molecular flexibility index (Phi) is 5.18. The molecule has 0 atom stereocenters. The van der Waals surface area contributed by atoms with Crippen molar-refractivity contribution in [2.75, 3.05) is 6.61 Å². The highest BCUT2D eigenvalue weighted by Gasteiger charge is 2.22. The van der Waals surface area contributed by atoms with Crippen LogP contribution in [0.2, 0.25) is 0 Å². The molecule has 0 heterocycles. The van der Waals surface area contributed by atoms with Gasteiger partial charge in [-0.1, -0.05) is 24.3 Å². The smallest absolute Gasteiger partial charge is 0.0991 e. The fourth-order valence-corrected chi connectivity index (χ4v) is 2.68. The molecular weight excluding hydrogens is 234 g/mol. The molecule has 1 fully saturated rings. The maximum absolute atomic E-state index is 8.80. The van der Waals surface area contributed by atoms with Crippen LogP contribution in [0, 0.1) is 11.3 Å². The van der Waals surface area contributed by atoms with Gasteiger partial charge >= 0.3 is 0 Å². The van der Waals surface area contributed by atoms with Crippen LogP contribution in [-0.2, 0) is 4.74 Å². The summed E-state index contributed by atoms with van der Waals surface area (Å²) in [5.74, 6) is 0.634. The maximum atomic E-state index is 8.80. The molecule has 19 heavy (non-hydrogen) atoms. The first-order valence-corrected chi connectivity index (χ1v) is 7.06. The second-order valence-electron chi connectivity index (χ2n) is 5.11. The van der Waals surface area contributed by atoms with Gasteiger partial charge < -0.3 is 4.74 Å². The minimum absolute atomic E-state index is 0.422. The van der Waals surface area contributed by atoms with Crippen LogP contribution in [0.5, 0.6) is 0 Å². The summed E-state index contributed by atoms with van der Waals surface area (Å²) in [4.78, 5) is 0. The third kappa shape index (κ3) is 3.94. The van der Waals surface area contributed by atoms with Crippen LogP contribution >= 0.6 is 0 Å². The second-order valence-corrected chi connectivity index (χ2v) is 5.11. The van der Waals surface area contributed by atoms with Gasteiger partial charge in [0.2, 0.25) is 0 Å². The van der Waals surface area contributed by atoms with Gasteiger partial charge in [-0.05, 0) is 56.2 Å². The molecule has 1 aromatic carbocycles. The van der Waals surface area contributed by atoms with E-state index in [2.05, 4.69) is 24.3 Å². The molecule has 0 radical (unpaired) electrons. The highest BCUT2D eigenvalue weighted by Crippen LogP contribution is 2.34. The van der Waals surface area contributed by atoms with Crippen LogP contribution in [0.3, 0.4) is 0 Å². The van der Waals surface area contributed by atoms with Crippen LogP contribution in [0.15, 0.2) is 36.4 Å². The zero-order chi connectivity index (χ0) is 13.5. The van der Waals surface area contributed by atoms with Crippen molar-refractivity contribution >= 4 is 0 Å². The molecule has 2 rings (SSSR count).